The minimum Gasteiger partial charge on any atom is -0.495 e. The molecule has 0 heterocycles. The Hall–Kier alpha value is -4.02. The number of nitro benzene ring substituents is 2. The monoisotopic (exact) mass is 360 g/mol. The van der Waals surface area contributed by atoms with Gasteiger partial charge < -0.3 is 15.4 Å². The quantitative estimate of drug-likeness (QED) is 0.470. The molecule has 2 aromatic rings. The number of hydrogen-bond donors (Lipinski definition) is 2. The van der Waals surface area contributed by atoms with E-state index in [-0.39, 0.29) is 28.5 Å². The van der Waals surface area contributed by atoms with E-state index in [2.05, 4.69) is 10.6 Å². The van der Waals surface area contributed by atoms with Gasteiger partial charge in [0.1, 0.15) is 5.75 Å². The summed E-state index contributed by atoms with van der Waals surface area (Å²) in [5.74, 6) is -2.12. The Morgan fingerprint density at radius 2 is 1.54 bits per heavy atom. The van der Waals surface area contributed by atoms with Gasteiger partial charge in [-0.1, -0.05) is 6.07 Å². The van der Waals surface area contributed by atoms with Crippen molar-refractivity contribution >= 4 is 34.6 Å². The molecule has 0 aliphatic carbocycles. The molecule has 0 bridgehead atoms. The molecular formula is C15H12N4O7. The van der Waals surface area contributed by atoms with E-state index in [0.29, 0.717) is 0 Å². The molecule has 0 saturated carbocycles. The Bertz CT molecular complexity index is 897. The lowest BCUT2D eigenvalue weighted by molar-refractivity contribution is -0.385. The average Bonchev–Trinajstić information content (AvgIpc) is 2.61. The molecule has 11 nitrogen and oxygen atoms in total. The highest BCUT2D eigenvalue weighted by atomic mass is 16.6. The van der Waals surface area contributed by atoms with Crippen molar-refractivity contribution in [1.29, 1.82) is 0 Å². The lowest BCUT2D eigenvalue weighted by Gasteiger charge is -2.10. The molecule has 2 rings (SSSR count). The zero-order valence-electron chi connectivity index (χ0n) is 13.3. The molecule has 0 unspecified atom stereocenters. The summed E-state index contributed by atoms with van der Waals surface area (Å²) in [5, 5.41) is 25.9. The third-order valence-corrected chi connectivity index (χ3v) is 3.16. The average molecular weight is 360 g/mol. The Morgan fingerprint density at radius 1 is 0.923 bits per heavy atom. The third-order valence-electron chi connectivity index (χ3n) is 3.16. The van der Waals surface area contributed by atoms with E-state index in [0.717, 1.165) is 12.1 Å². The molecular weight excluding hydrogens is 348 g/mol. The maximum atomic E-state index is 12.0. The van der Waals surface area contributed by atoms with Crippen molar-refractivity contribution in [3.05, 3.63) is 62.7 Å². The number of nitrogens with one attached hydrogen (secondary N) is 2. The number of non-ortho nitro benzene ring substituents is 2. The number of rotatable bonds is 5. The first kappa shape index (κ1) is 18.3. The first-order valence-electron chi connectivity index (χ1n) is 7.01. The predicted octanol–water partition coefficient (Wildman–Crippen LogP) is 2.09. The van der Waals surface area contributed by atoms with Gasteiger partial charge >= 0.3 is 11.8 Å². The Kier molecular flexibility index (Phi) is 5.43. The highest BCUT2D eigenvalue weighted by Gasteiger charge is 2.19. The molecule has 0 atom stereocenters. The van der Waals surface area contributed by atoms with Crippen LogP contribution in [0.5, 0.6) is 5.75 Å². The number of carbonyl (C=O) groups excluding carboxylic acids is 2. The first-order chi connectivity index (χ1) is 12.3. The van der Waals surface area contributed by atoms with Crippen LogP contribution >= 0.6 is 0 Å². The fourth-order valence-corrected chi connectivity index (χ4v) is 1.97. The van der Waals surface area contributed by atoms with E-state index in [4.69, 9.17) is 4.74 Å². The van der Waals surface area contributed by atoms with Crippen LogP contribution in [0.15, 0.2) is 42.5 Å². The summed E-state index contributed by atoms with van der Waals surface area (Å²) in [5.41, 5.74) is -0.588. The largest absolute Gasteiger partial charge is 0.495 e. The van der Waals surface area contributed by atoms with Gasteiger partial charge in [-0.3, -0.25) is 29.8 Å². The molecule has 0 fully saturated rings. The number of benzene rings is 2. The van der Waals surface area contributed by atoms with Crippen LogP contribution in [-0.2, 0) is 9.59 Å². The van der Waals surface area contributed by atoms with Crippen molar-refractivity contribution in [2.45, 2.75) is 0 Å². The number of amides is 2. The molecule has 11 heteroatoms. The summed E-state index contributed by atoms with van der Waals surface area (Å²) < 4.78 is 4.98. The molecule has 0 saturated heterocycles. The maximum absolute atomic E-state index is 12.0. The number of nitro groups is 2. The molecule has 2 aromatic carbocycles. The topological polar surface area (TPSA) is 154 Å². The van der Waals surface area contributed by atoms with E-state index in [1.807, 2.05) is 0 Å². The van der Waals surface area contributed by atoms with Crippen molar-refractivity contribution in [2.75, 3.05) is 17.7 Å². The van der Waals surface area contributed by atoms with Crippen LogP contribution in [0.1, 0.15) is 0 Å². The number of hydrogen-bond acceptors (Lipinski definition) is 7. The molecule has 2 N–H and O–H groups in total. The van der Waals surface area contributed by atoms with E-state index < -0.39 is 21.7 Å². The molecule has 26 heavy (non-hydrogen) atoms. The van der Waals surface area contributed by atoms with Crippen molar-refractivity contribution in [1.82, 2.24) is 0 Å². The van der Waals surface area contributed by atoms with Crippen molar-refractivity contribution in [2.24, 2.45) is 0 Å². The molecule has 0 aromatic heterocycles. The highest BCUT2D eigenvalue weighted by Crippen LogP contribution is 2.28. The molecule has 2 amide bonds. The second-order valence-electron chi connectivity index (χ2n) is 4.86. The summed E-state index contributed by atoms with van der Waals surface area (Å²) in [4.78, 5) is 44.2. The minimum atomic E-state index is -1.13. The van der Waals surface area contributed by atoms with E-state index in [9.17, 15) is 29.8 Å². The minimum absolute atomic E-state index is 0.0466. The van der Waals surface area contributed by atoms with E-state index in [1.54, 1.807) is 0 Å². The fraction of sp³-hybridized carbons (Fsp3) is 0.0667. The van der Waals surface area contributed by atoms with Crippen LogP contribution in [0.2, 0.25) is 0 Å². The van der Waals surface area contributed by atoms with Gasteiger partial charge in [0, 0.05) is 30.0 Å². The zero-order chi connectivity index (χ0) is 19.3. The molecule has 0 spiro atoms. The number of anilines is 2. The second-order valence-corrected chi connectivity index (χ2v) is 4.86. The van der Waals surface area contributed by atoms with E-state index >= 15 is 0 Å². The van der Waals surface area contributed by atoms with Gasteiger partial charge in [0.15, 0.2) is 0 Å². The smallest absolute Gasteiger partial charge is 0.314 e. The Balaban J connectivity index is 2.15. The summed E-state index contributed by atoms with van der Waals surface area (Å²) in [7, 11) is 1.29. The van der Waals surface area contributed by atoms with Crippen molar-refractivity contribution in [3.63, 3.8) is 0 Å². The number of methoxy groups -OCH3 is 1. The molecule has 0 aliphatic heterocycles. The number of carbonyl (C=O) groups is 2. The lowest BCUT2D eigenvalue weighted by Crippen LogP contribution is -2.29. The van der Waals surface area contributed by atoms with Gasteiger partial charge in [-0.05, 0) is 12.1 Å². The molecule has 0 radical (unpaired) electrons. The van der Waals surface area contributed by atoms with Gasteiger partial charge in [0.25, 0.3) is 11.4 Å². The van der Waals surface area contributed by atoms with Gasteiger partial charge in [-0.15, -0.1) is 0 Å². The van der Waals surface area contributed by atoms with Crippen LogP contribution in [-0.4, -0.2) is 28.8 Å². The molecule has 134 valence electrons. The van der Waals surface area contributed by atoms with Crippen molar-refractivity contribution in [3.8, 4) is 5.75 Å². The normalized spacial score (nSPS) is 9.88. The maximum Gasteiger partial charge on any atom is 0.314 e. The first-order valence-corrected chi connectivity index (χ1v) is 7.01. The van der Waals surface area contributed by atoms with Gasteiger partial charge in [0.2, 0.25) is 0 Å². The zero-order valence-corrected chi connectivity index (χ0v) is 13.3. The summed E-state index contributed by atoms with van der Waals surface area (Å²) in [6.45, 7) is 0. The second kappa shape index (κ2) is 7.70. The van der Waals surface area contributed by atoms with Crippen LogP contribution in [0, 0.1) is 20.2 Å². The van der Waals surface area contributed by atoms with Crippen LogP contribution < -0.4 is 15.4 Å². The van der Waals surface area contributed by atoms with Crippen LogP contribution in [0.25, 0.3) is 0 Å². The van der Waals surface area contributed by atoms with Crippen LogP contribution in [0.3, 0.4) is 0 Å². The van der Waals surface area contributed by atoms with Gasteiger partial charge in [0.05, 0.1) is 22.6 Å². The predicted molar refractivity (Wildman–Crippen MR) is 90.0 cm³/mol. The van der Waals surface area contributed by atoms with Crippen molar-refractivity contribution < 1.29 is 24.2 Å². The number of ether oxygens (including phenoxy) is 1. The standard InChI is InChI=1S/C15H12N4O7/c1-26-13-6-5-11(19(24)25)8-12(13)17-15(21)14(20)16-9-3-2-4-10(7-9)18(22)23/h2-8H,1H3,(H,16,20)(H,17,21). The third kappa shape index (κ3) is 4.29. The fourth-order valence-electron chi connectivity index (χ4n) is 1.97. The Labute approximate surface area is 145 Å². The van der Waals surface area contributed by atoms with E-state index in [1.165, 1.54) is 37.4 Å². The SMILES string of the molecule is COc1ccc([N+](=O)[O-])cc1NC(=O)C(=O)Nc1cccc([N+](=O)[O-])c1. The summed E-state index contributed by atoms with van der Waals surface area (Å²) >= 11 is 0. The van der Waals surface area contributed by atoms with Gasteiger partial charge in [-0.2, -0.15) is 0 Å². The van der Waals surface area contributed by atoms with Gasteiger partial charge in [-0.25, -0.2) is 0 Å². The Morgan fingerprint density at radius 3 is 2.15 bits per heavy atom. The lowest BCUT2D eigenvalue weighted by atomic mass is 10.2. The number of nitrogens with zero attached hydrogens (tertiary/aromatic N) is 2. The molecule has 0 aliphatic rings. The summed E-state index contributed by atoms with van der Waals surface area (Å²) in [6.07, 6.45) is 0. The van der Waals surface area contributed by atoms with Crippen LogP contribution in [0.4, 0.5) is 22.7 Å². The highest BCUT2D eigenvalue weighted by molar-refractivity contribution is 6.43. The summed E-state index contributed by atoms with van der Waals surface area (Å²) in [6, 6.07) is 8.51.